The van der Waals surface area contributed by atoms with E-state index in [-0.39, 0.29) is 17.8 Å². The molecule has 23 heavy (non-hydrogen) atoms. The number of benzene rings is 1. The summed E-state index contributed by atoms with van der Waals surface area (Å²) in [6, 6.07) is 4.83. The van der Waals surface area contributed by atoms with E-state index in [0.29, 0.717) is 28.9 Å². The highest BCUT2D eigenvalue weighted by Crippen LogP contribution is 2.29. The van der Waals surface area contributed by atoms with E-state index in [1.807, 2.05) is 0 Å². The Bertz CT molecular complexity index is 593. The van der Waals surface area contributed by atoms with Crippen LogP contribution >= 0.6 is 23.2 Å². The van der Waals surface area contributed by atoms with Crippen molar-refractivity contribution < 1.29 is 19.1 Å². The molecule has 1 fully saturated rings. The Morgan fingerprint density at radius 3 is 2.74 bits per heavy atom. The Kier molecular flexibility index (Phi) is 6.13. The molecule has 1 aliphatic rings. The molecule has 1 saturated heterocycles. The second kappa shape index (κ2) is 7.88. The van der Waals surface area contributed by atoms with Crippen LogP contribution in [0.25, 0.3) is 0 Å². The van der Waals surface area contributed by atoms with Gasteiger partial charge in [0, 0.05) is 18.1 Å². The first-order valence-corrected chi connectivity index (χ1v) is 8.16. The maximum Gasteiger partial charge on any atom is 0.310 e. The van der Waals surface area contributed by atoms with Crippen LogP contribution in [0.1, 0.15) is 19.8 Å². The van der Waals surface area contributed by atoms with Gasteiger partial charge in [0.15, 0.2) is 6.10 Å². The van der Waals surface area contributed by atoms with Crippen molar-refractivity contribution in [3.05, 3.63) is 28.2 Å². The Labute approximate surface area is 145 Å². The quantitative estimate of drug-likeness (QED) is 0.774. The molecular formula is C16H19Cl2NO4. The van der Waals surface area contributed by atoms with Gasteiger partial charge in [-0.1, -0.05) is 23.2 Å². The number of carbonyl (C=O) groups excluding carboxylic acids is 2. The summed E-state index contributed by atoms with van der Waals surface area (Å²) in [7, 11) is 1.36. The van der Waals surface area contributed by atoms with Crippen LogP contribution in [0.3, 0.4) is 0 Å². The summed E-state index contributed by atoms with van der Waals surface area (Å²) in [6.07, 6.45) is 0.791. The Morgan fingerprint density at radius 1 is 1.35 bits per heavy atom. The molecule has 2 unspecified atom stereocenters. The average molecular weight is 360 g/mol. The van der Waals surface area contributed by atoms with Crippen LogP contribution in [0.2, 0.25) is 10.0 Å². The predicted molar refractivity (Wildman–Crippen MR) is 87.9 cm³/mol. The van der Waals surface area contributed by atoms with Crippen LogP contribution in [-0.2, 0) is 14.3 Å². The maximum atomic E-state index is 12.5. The highest BCUT2D eigenvalue weighted by Gasteiger charge is 2.31. The summed E-state index contributed by atoms with van der Waals surface area (Å²) in [5.74, 6) is -0.330. The molecule has 1 amide bonds. The molecule has 0 aliphatic carbocycles. The molecule has 1 aromatic carbocycles. The van der Waals surface area contributed by atoms with E-state index in [1.54, 1.807) is 30.0 Å². The minimum atomic E-state index is -0.704. The molecule has 2 atom stereocenters. The van der Waals surface area contributed by atoms with Crippen LogP contribution in [0, 0.1) is 5.92 Å². The second-order valence-corrected chi connectivity index (χ2v) is 6.33. The Balaban J connectivity index is 2.00. The lowest BCUT2D eigenvalue weighted by molar-refractivity contribution is -0.150. The molecule has 1 heterocycles. The summed E-state index contributed by atoms with van der Waals surface area (Å²) < 4.78 is 10.4. The molecule has 2 rings (SSSR count). The van der Waals surface area contributed by atoms with Gasteiger partial charge >= 0.3 is 5.97 Å². The summed E-state index contributed by atoms with van der Waals surface area (Å²) in [5.41, 5.74) is 0. The first kappa shape index (κ1) is 17.9. The number of likely N-dealkylation sites (tertiary alicyclic amines) is 1. The van der Waals surface area contributed by atoms with Gasteiger partial charge < -0.3 is 14.4 Å². The number of halogens is 2. The minimum Gasteiger partial charge on any atom is -0.479 e. The molecule has 5 nitrogen and oxygen atoms in total. The number of hydrogen-bond donors (Lipinski definition) is 0. The lowest BCUT2D eigenvalue weighted by Gasteiger charge is -2.33. The van der Waals surface area contributed by atoms with Crippen molar-refractivity contribution in [2.24, 2.45) is 5.92 Å². The number of amides is 1. The van der Waals surface area contributed by atoms with Crippen molar-refractivity contribution >= 4 is 35.1 Å². The minimum absolute atomic E-state index is 0.176. The number of nitrogens with zero attached hydrogens (tertiary/aromatic N) is 1. The van der Waals surface area contributed by atoms with Crippen LogP contribution in [-0.4, -0.2) is 43.1 Å². The average Bonchev–Trinajstić information content (AvgIpc) is 2.56. The van der Waals surface area contributed by atoms with E-state index < -0.39 is 6.10 Å². The normalized spacial score (nSPS) is 19.1. The van der Waals surface area contributed by atoms with Gasteiger partial charge in [-0.05, 0) is 38.0 Å². The molecule has 1 aliphatic heterocycles. The zero-order valence-corrected chi connectivity index (χ0v) is 14.6. The predicted octanol–water partition coefficient (Wildman–Crippen LogP) is 3.17. The third kappa shape index (κ3) is 4.52. The van der Waals surface area contributed by atoms with E-state index in [4.69, 9.17) is 32.7 Å². The van der Waals surface area contributed by atoms with Gasteiger partial charge in [0.2, 0.25) is 0 Å². The maximum absolute atomic E-state index is 12.5. The Hall–Kier alpha value is -1.46. The molecule has 0 saturated carbocycles. The van der Waals surface area contributed by atoms with Crippen molar-refractivity contribution in [1.29, 1.82) is 0 Å². The number of esters is 1. The first-order valence-electron chi connectivity index (χ1n) is 7.40. The number of piperidine rings is 1. The largest absolute Gasteiger partial charge is 0.479 e. The summed E-state index contributed by atoms with van der Waals surface area (Å²) in [5, 5.41) is 0.849. The van der Waals surface area contributed by atoms with Crippen LogP contribution in [0.4, 0.5) is 0 Å². The number of rotatable bonds is 4. The van der Waals surface area contributed by atoms with Gasteiger partial charge in [0.25, 0.3) is 5.91 Å². The molecule has 126 valence electrons. The van der Waals surface area contributed by atoms with Crippen molar-refractivity contribution in [3.8, 4) is 5.75 Å². The third-order valence-corrected chi connectivity index (χ3v) is 4.34. The van der Waals surface area contributed by atoms with Crippen molar-refractivity contribution in [2.75, 3.05) is 20.2 Å². The van der Waals surface area contributed by atoms with Crippen molar-refractivity contribution in [3.63, 3.8) is 0 Å². The van der Waals surface area contributed by atoms with Crippen molar-refractivity contribution in [1.82, 2.24) is 4.90 Å². The standard InChI is InChI=1S/C16H19Cl2NO4/c1-10(23-14-6-5-12(17)8-13(14)18)15(20)19-7-3-4-11(9-19)16(21)22-2/h5-6,8,10-11H,3-4,7,9H2,1-2H3. The Morgan fingerprint density at radius 2 is 2.09 bits per heavy atom. The van der Waals surface area contributed by atoms with Crippen LogP contribution in [0.15, 0.2) is 18.2 Å². The van der Waals surface area contributed by atoms with E-state index >= 15 is 0 Å². The van der Waals surface area contributed by atoms with Crippen molar-refractivity contribution in [2.45, 2.75) is 25.9 Å². The first-order chi connectivity index (χ1) is 10.9. The SMILES string of the molecule is COC(=O)C1CCCN(C(=O)C(C)Oc2ccc(Cl)cc2Cl)C1. The fraction of sp³-hybridized carbons (Fsp3) is 0.500. The lowest BCUT2D eigenvalue weighted by Crippen LogP contribution is -2.47. The highest BCUT2D eigenvalue weighted by molar-refractivity contribution is 6.35. The lowest BCUT2D eigenvalue weighted by atomic mass is 9.98. The number of ether oxygens (including phenoxy) is 2. The molecule has 0 bridgehead atoms. The topological polar surface area (TPSA) is 55.8 Å². The molecule has 1 aromatic rings. The summed E-state index contributed by atoms with van der Waals surface area (Å²) >= 11 is 11.9. The van der Waals surface area contributed by atoms with Gasteiger partial charge in [-0.2, -0.15) is 0 Å². The van der Waals surface area contributed by atoms with Crippen LogP contribution in [0.5, 0.6) is 5.75 Å². The van der Waals surface area contributed by atoms with Gasteiger partial charge in [-0.3, -0.25) is 9.59 Å². The van der Waals surface area contributed by atoms with Gasteiger partial charge in [0.1, 0.15) is 5.75 Å². The van der Waals surface area contributed by atoms with E-state index in [2.05, 4.69) is 0 Å². The van der Waals surface area contributed by atoms with Crippen LogP contribution < -0.4 is 4.74 Å². The number of methoxy groups -OCH3 is 1. The molecule has 0 N–H and O–H groups in total. The number of carbonyl (C=O) groups is 2. The monoisotopic (exact) mass is 359 g/mol. The smallest absolute Gasteiger partial charge is 0.310 e. The van der Waals surface area contributed by atoms with Gasteiger partial charge in [-0.15, -0.1) is 0 Å². The molecule has 0 radical (unpaired) electrons. The van der Waals surface area contributed by atoms with E-state index in [1.165, 1.54) is 7.11 Å². The molecule has 0 aromatic heterocycles. The summed E-state index contributed by atoms with van der Waals surface area (Å²) in [4.78, 5) is 25.8. The fourth-order valence-corrected chi connectivity index (χ4v) is 3.06. The number of hydrogen-bond acceptors (Lipinski definition) is 4. The third-order valence-electron chi connectivity index (χ3n) is 3.81. The molecule has 0 spiro atoms. The van der Waals surface area contributed by atoms with E-state index in [9.17, 15) is 9.59 Å². The molecular weight excluding hydrogens is 341 g/mol. The van der Waals surface area contributed by atoms with E-state index in [0.717, 1.165) is 12.8 Å². The fourth-order valence-electron chi connectivity index (χ4n) is 2.61. The summed E-state index contributed by atoms with van der Waals surface area (Å²) in [6.45, 7) is 2.62. The van der Waals surface area contributed by atoms with Gasteiger partial charge in [-0.25, -0.2) is 0 Å². The highest BCUT2D eigenvalue weighted by atomic mass is 35.5. The van der Waals surface area contributed by atoms with Gasteiger partial charge in [0.05, 0.1) is 18.1 Å². The second-order valence-electron chi connectivity index (χ2n) is 5.48. The zero-order chi connectivity index (χ0) is 17.0. The molecule has 7 heteroatoms. The zero-order valence-electron chi connectivity index (χ0n) is 13.1.